The van der Waals surface area contributed by atoms with Crippen LogP contribution in [0.4, 0.5) is 0 Å². The van der Waals surface area contributed by atoms with E-state index < -0.39 is 356 Å². The average Bonchev–Trinajstić information content (AvgIpc) is 0.765. The van der Waals surface area contributed by atoms with Gasteiger partial charge in [0, 0.05) is 54.4 Å². The number of hydrogen-bond acceptors (Lipinski definition) is 43. The first-order chi connectivity index (χ1) is 54.7. The Bertz CT molecular complexity index is 3290. The molecule has 28 N–H and O–H groups in total. The van der Waals surface area contributed by atoms with Crippen molar-refractivity contribution in [3.05, 3.63) is 0 Å². The summed E-state index contributed by atoms with van der Waals surface area (Å²) in [4.78, 5) is 101. The van der Waals surface area contributed by atoms with Gasteiger partial charge in [0.25, 0.3) is 11.6 Å². The Morgan fingerprint density at radius 1 is 0.359 bits per heavy atom. The number of ether oxygens (including phenoxy) is 15. The molecular formula is C66H108N6O45. The summed E-state index contributed by atoms with van der Waals surface area (Å²) in [7, 11) is 0. The van der Waals surface area contributed by atoms with Crippen molar-refractivity contribution in [2.75, 3.05) is 39.6 Å². The maximum atomic E-state index is 13.3. The van der Waals surface area contributed by atoms with E-state index in [2.05, 4.69) is 31.9 Å². The maximum absolute atomic E-state index is 13.3. The van der Waals surface area contributed by atoms with E-state index in [1.165, 1.54) is 6.92 Å². The normalized spacial score (nSPS) is 44.3. The number of carboxylic acids is 2. The number of rotatable bonds is 32. The van der Waals surface area contributed by atoms with E-state index in [0.29, 0.717) is 0 Å². The molecule has 0 spiro atoms. The molecule has 672 valence electrons. The number of aliphatic carboxylic acids is 2. The van der Waals surface area contributed by atoms with Gasteiger partial charge in [-0.05, 0) is 13.8 Å². The molecule has 6 amide bonds. The molecule has 8 rings (SSSR count). The molecule has 0 bridgehead atoms. The van der Waals surface area contributed by atoms with Crippen molar-refractivity contribution in [1.82, 2.24) is 31.9 Å². The highest BCUT2D eigenvalue weighted by Crippen LogP contribution is 2.40. The highest BCUT2D eigenvalue weighted by atomic mass is 16.8. The number of nitrogens with one attached hydrogen (secondary N) is 6. The van der Waals surface area contributed by atoms with E-state index in [0.717, 1.165) is 48.5 Å². The van der Waals surface area contributed by atoms with Gasteiger partial charge in [-0.25, -0.2) is 9.59 Å². The largest absolute Gasteiger partial charge is 0.477 e. The molecule has 117 heavy (non-hydrogen) atoms. The second-order valence-corrected chi connectivity index (χ2v) is 29.8. The maximum Gasteiger partial charge on any atom is 0.364 e. The van der Waals surface area contributed by atoms with Crippen LogP contribution >= 0.6 is 0 Å². The lowest BCUT2D eigenvalue weighted by molar-refractivity contribution is -0.380. The Morgan fingerprint density at radius 2 is 0.667 bits per heavy atom. The molecule has 8 aliphatic rings. The Balaban J connectivity index is 1.04. The van der Waals surface area contributed by atoms with Crippen molar-refractivity contribution in [2.24, 2.45) is 0 Å². The fourth-order valence-electron chi connectivity index (χ4n) is 14.9. The molecule has 42 atom stereocenters. The molecule has 8 heterocycles. The first-order valence-corrected chi connectivity index (χ1v) is 37.0. The minimum atomic E-state index is -3.00. The smallest absolute Gasteiger partial charge is 0.364 e. The Morgan fingerprint density at radius 3 is 1.03 bits per heavy atom. The van der Waals surface area contributed by atoms with Gasteiger partial charge >= 0.3 is 11.9 Å². The summed E-state index contributed by atoms with van der Waals surface area (Å²) in [6, 6.07) is -9.97. The van der Waals surface area contributed by atoms with Crippen LogP contribution < -0.4 is 31.9 Å². The summed E-state index contributed by atoms with van der Waals surface area (Å²) in [6.45, 7) is 1.56. The van der Waals surface area contributed by atoms with Crippen molar-refractivity contribution in [2.45, 2.75) is 325 Å². The molecule has 8 aliphatic heterocycles. The molecule has 0 aromatic heterocycles. The minimum Gasteiger partial charge on any atom is -0.477 e. The molecule has 0 radical (unpaired) electrons. The van der Waals surface area contributed by atoms with Gasteiger partial charge in [0.2, 0.25) is 35.4 Å². The van der Waals surface area contributed by atoms with E-state index in [1.54, 1.807) is 0 Å². The molecule has 1 unspecified atom stereocenters. The van der Waals surface area contributed by atoms with Crippen molar-refractivity contribution in [3.8, 4) is 0 Å². The fourth-order valence-corrected chi connectivity index (χ4v) is 14.9. The highest BCUT2D eigenvalue weighted by molar-refractivity contribution is 5.78. The SMILES string of the molecule is CC(=O)N[C@H]([C@@H]1O[C@](OC[C@H]2O[C@@H](OC[C@H]3O[C@@H](O[C@H]4[C@@H](O)[C@@H](CO)O[C@@H](O[C@H]5[C@@H](O)[C@@H](CO[C@@H]6O[C@H](CO[C@@]7(C(=O)O)C[C@H](O)[C@H](NC(C)=O)[C@H]([C@@H](NC(C)=O)[C@H](C)O)O7)[C@@H](O)[C@H](O)[C@H]6O)O[C@@H](O[C@H]6[C@@H](O)[C@@H](CO)OC(O)[C@@H]6NC(C)=O)[C@@H]5O)[C@@H]4NC(C)=O)[C@H](O)[C@@H](O)[C@H]3O)[C@H](O)[C@@H](O)[C@@H]2O)(C(=O)O)C[C@H](O)[C@@H]1NC(C)=O)[C@H](C)O. The van der Waals surface area contributed by atoms with Crippen molar-refractivity contribution >= 4 is 47.4 Å². The van der Waals surface area contributed by atoms with E-state index >= 15 is 0 Å². The molecular weight excluding hydrogens is 1600 g/mol. The predicted molar refractivity (Wildman–Crippen MR) is 366 cm³/mol. The standard InChI is InChI=1S/C66H108N6O45/c1-17(75)33(67-19(3)77)52-35(69-21(5)79)25(83)9-65(116-52,63(99)100)105-15-31-40(86)45(91)48(94)59(109-31)103-13-29-39(85)47(93)50(96)61(111-29)114-55-38(72-24(8)82)58(108-28(12-74)43(55)89)115-56-44(90)30(112-62(51(56)97)113-54-37(71-23(7)81)57(98)107-27(11-73)42(54)88)14-104-60-49(95)46(92)41(87)32(110-60)16-106-66(64(101)102)10-26(84)36(70-22(6)80)53(117-66)34(18(2)76)68-20(4)78/h17-18,25-62,73-76,83-98H,9-16H2,1-8H3,(H,67,77)(H,68,78)(H,69,79)(H,70,80)(H,71,81)(H,72,82)(H,99,100)(H,101,102)/t17-,18-,25-,26-,27+,28+,29+,30+,31+,32+,33-,34-,35-,36-,37+,38+,39-,40+,41+,42-,43-,44-,45-,46-,47-,48+,49+,50+,51+,52-,53-,54+,55+,56-,57?,58-,59+,60+,61-,62-,65-,66-/m0/s1. The molecule has 0 aromatic carbocycles. The van der Waals surface area contributed by atoms with E-state index in [-0.39, 0.29) is 0 Å². The summed E-state index contributed by atoms with van der Waals surface area (Å²) in [5.74, 6) is -14.9. The molecule has 0 aromatic rings. The van der Waals surface area contributed by atoms with E-state index in [9.17, 15) is 151 Å². The Kier molecular flexibility index (Phi) is 33.9. The lowest BCUT2D eigenvalue weighted by Gasteiger charge is -2.50. The highest BCUT2D eigenvalue weighted by Gasteiger charge is 2.62. The molecule has 0 saturated carbocycles. The lowest BCUT2D eigenvalue weighted by Crippen LogP contribution is -2.70. The van der Waals surface area contributed by atoms with Crippen LogP contribution in [0.25, 0.3) is 0 Å². The number of carbonyl (C=O) groups excluding carboxylic acids is 6. The zero-order valence-electron chi connectivity index (χ0n) is 64.0. The second-order valence-electron chi connectivity index (χ2n) is 29.8. The van der Waals surface area contributed by atoms with Gasteiger partial charge in [-0.1, -0.05) is 0 Å². The number of aliphatic hydroxyl groups is 20. The van der Waals surface area contributed by atoms with Crippen LogP contribution in [-0.2, 0) is 109 Å². The fraction of sp³-hybridized carbons (Fsp3) is 0.879. The van der Waals surface area contributed by atoms with Crippen LogP contribution in [-0.4, -0.2) is 456 Å². The van der Waals surface area contributed by atoms with E-state index in [1.807, 2.05) is 0 Å². The Hall–Kier alpha value is -5.64. The quantitative estimate of drug-likeness (QED) is 0.0297. The van der Waals surface area contributed by atoms with Crippen LogP contribution in [0.5, 0.6) is 0 Å². The lowest BCUT2D eigenvalue weighted by atomic mass is 9.87. The second kappa shape index (κ2) is 41.0. The monoisotopic (exact) mass is 1700 g/mol. The van der Waals surface area contributed by atoms with Gasteiger partial charge in [-0.2, -0.15) is 0 Å². The third-order valence-corrected chi connectivity index (χ3v) is 20.8. The molecule has 0 aliphatic carbocycles. The Labute approximate surface area is 663 Å². The number of carbonyl (C=O) groups is 8. The first kappa shape index (κ1) is 96.8. The topological polar surface area (TPSA) is 792 Å². The minimum absolute atomic E-state index is 0.758. The van der Waals surface area contributed by atoms with Crippen LogP contribution in [0.1, 0.15) is 68.2 Å². The van der Waals surface area contributed by atoms with Crippen LogP contribution in [0, 0.1) is 0 Å². The molecule has 51 nitrogen and oxygen atoms in total. The summed E-state index contributed by atoms with van der Waals surface area (Å²) in [5, 5.41) is 261. The zero-order chi connectivity index (χ0) is 87.2. The van der Waals surface area contributed by atoms with Crippen molar-refractivity contribution in [3.63, 3.8) is 0 Å². The molecule has 51 heteroatoms. The van der Waals surface area contributed by atoms with E-state index in [4.69, 9.17) is 71.1 Å². The van der Waals surface area contributed by atoms with Gasteiger partial charge in [-0.15, -0.1) is 0 Å². The van der Waals surface area contributed by atoms with Gasteiger partial charge < -0.3 is 215 Å². The van der Waals surface area contributed by atoms with Gasteiger partial charge in [-0.3, -0.25) is 28.8 Å². The van der Waals surface area contributed by atoms with Crippen molar-refractivity contribution in [1.29, 1.82) is 0 Å². The van der Waals surface area contributed by atoms with Crippen LogP contribution in [0.3, 0.4) is 0 Å². The number of amides is 6. The van der Waals surface area contributed by atoms with Gasteiger partial charge in [0.1, 0.15) is 159 Å². The average molecular weight is 1710 g/mol. The predicted octanol–water partition coefficient (Wildman–Crippen LogP) is -17.1. The van der Waals surface area contributed by atoms with Gasteiger partial charge in [0.05, 0.1) is 88.2 Å². The summed E-state index contributed by atoms with van der Waals surface area (Å²) < 4.78 is 87.5. The third kappa shape index (κ3) is 22.4. The van der Waals surface area contributed by atoms with Crippen LogP contribution in [0.15, 0.2) is 0 Å². The number of carboxylic acid groups (broad SMARTS) is 2. The number of aliphatic hydroxyl groups excluding tert-OH is 20. The summed E-state index contributed by atoms with van der Waals surface area (Å²) in [6.07, 6.45) is -73.7. The molecule has 8 saturated heterocycles. The van der Waals surface area contributed by atoms with Crippen LogP contribution in [0.2, 0.25) is 0 Å². The third-order valence-electron chi connectivity index (χ3n) is 20.8. The zero-order valence-corrected chi connectivity index (χ0v) is 64.0. The molecule has 8 fully saturated rings. The first-order valence-electron chi connectivity index (χ1n) is 37.0. The summed E-state index contributed by atoms with van der Waals surface area (Å²) >= 11 is 0. The van der Waals surface area contributed by atoms with Crippen molar-refractivity contribution < 1.29 is 222 Å². The number of hydrogen-bond donors (Lipinski definition) is 28. The van der Waals surface area contributed by atoms with Gasteiger partial charge in [0.15, 0.2) is 37.7 Å². The summed E-state index contributed by atoms with van der Waals surface area (Å²) in [5.41, 5.74) is 0.